The Kier molecular flexibility index (Phi) is 8.32. The lowest BCUT2D eigenvalue weighted by Gasteiger charge is -2.12. The van der Waals surface area contributed by atoms with Crippen molar-refractivity contribution in [3.8, 4) is 17.1 Å². The number of nitrogens with one attached hydrogen (secondary N) is 4. The zero-order chi connectivity index (χ0) is 26.2. The second-order valence-corrected chi connectivity index (χ2v) is 8.54. The zero-order valence-electron chi connectivity index (χ0n) is 20.1. The number of pyridine rings is 1. The van der Waals surface area contributed by atoms with Crippen molar-refractivity contribution in [2.75, 3.05) is 36.8 Å². The van der Waals surface area contributed by atoms with E-state index in [-0.39, 0.29) is 23.3 Å². The lowest BCUT2D eigenvalue weighted by atomic mass is 10.2. The molecule has 0 saturated carbocycles. The van der Waals surface area contributed by atoms with E-state index in [0.29, 0.717) is 54.2 Å². The van der Waals surface area contributed by atoms with Gasteiger partial charge in [-0.25, -0.2) is 15.0 Å². The van der Waals surface area contributed by atoms with Gasteiger partial charge < -0.3 is 26.4 Å². The largest absolute Gasteiger partial charge is 0.506 e. The van der Waals surface area contributed by atoms with Gasteiger partial charge in [0.05, 0.1) is 0 Å². The third-order valence-electron chi connectivity index (χ3n) is 5.28. The number of fused-ring (bicyclic) bond motifs is 1. The van der Waals surface area contributed by atoms with Crippen molar-refractivity contribution in [2.24, 2.45) is 0 Å². The topological polar surface area (TPSA) is 141 Å². The van der Waals surface area contributed by atoms with Gasteiger partial charge >= 0.3 is 0 Å². The fourth-order valence-corrected chi connectivity index (χ4v) is 3.63. The molecular formula is C26H26ClN7O3. The van der Waals surface area contributed by atoms with Crippen molar-refractivity contribution in [3.05, 3.63) is 71.4 Å². The number of rotatable bonds is 10. The Morgan fingerprint density at radius 1 is 0.838 bits per heavy atom. The summed E-state index contributed by atoms with van der Waals surface area (Å²) in [7, 11) is 0. The van der Waals surface area contributed by atoms with Gasteiger partial charge in [0.25, 0.3) is 5.91 Å². The summed E-state index contributed by atoms with van der Waals surface area (Å²) >= 11 is 6.01. The number of hydrogen-bond donors (Lipinski definition) is 5. The third kappa shape index (κ3) is 7.05. The first kappa shape index (κ1) is 25.6. The molecule has 0 aliphatic carbocycles. The first-order valence-corrected chi connectivity index (χ1v) is 12.0. The molecule has 4 aromatic rings. The molecule has 0 aliphatic heterocycles. The fourth-order valence-electron chi connectivity index (χ4n) is 3.50. The second-order valence-electron chi connectivity index (χ2n) is 8.11. The molecule has 2 heterocycles. The molecule has 0 bridgehead atoms. The molecule has 5 N–H and O–H groups in total. The van der Waals surface area contributed by atoms with Gasteiger partial charge in [0.15, 0.2) is 5.82 Å². The lowest BCUT2D eigenvalue weighted by molar-refractivity contribution is -0.118. The summed E-state index contributed by atoms with van der Waals surface area (Å²) in [4.78, 5) is 37.1. The highest BCUT2D eigenvalue weighted by atomic mass is 35.5. The van der Waals surface area contributed by atoms with Gasteiger partial charge in [-0.1, -0.05) is 29.8 Å². The van der Waals surface area contributed by atoms with E-state index in [1.807, 2.05) is 18.2 Å². The lowest BCUT2D eigenvalue weighted by Crippen LogP contribution is -2.29. The van der Waals surface area contributed by atoms with Crippen LogP contribution in [0, 0.1) is 0 Å². The van der Waals surface area contributed by atoms with Gasteiger partial charge in [-0.2, -0.15) is 0 Å². The highest BCUT2D eigenvalue weighted by Crippen LogP contribution is 2.23. The van der Waals surface area contributed by atoms with Crippen molar-refractivity contribution in [3.63, 3.8) is 0 Å². The van der Waals surface area contributed by atoms with Gasteiger partial charge in [-0.3, -0.25) is 9.59 Å². The quantitative estimate of drug-likeness (QED) is 0.201. The molecule has 10 nitrogen and oxygen atoms in total. The third-order valence-corrected chi connectivity index (χ3v) is 5.53. The molecule has 37 heavy (non-hydrogen) atoms. The number of carbonyl (C=O) groups excluding carboxylic acids is 2. The number of hydrogen-bond acceptors (Lipinski definition) is 8. The fraction of sp³-hybridized carbons (Fsp3) is 0.192. The minimum Gasteiger partial charge on any atom is -0.506 e. The first-order chi connectivity index (χ1) is 17.9. The number of anilines is 2. The van der Waals surface area contributed by atoms with Crippen molar-refractivity contribution in [2.45, 2.75) is 6.92 Å². The molecule has 0 radical (unpaired) electrons. The Morgan fingerprint density at radius 2 is 1.51 bits per heavy atom. The maximum Gasteiger partial charge on any atom is 0.269 e. The summed E-state index contributed by atoms with van der Waals surface area (Å²) in [6.07, 6.45) is 0. The molecule has 2 aromatic carbocycles. The van der Waals surface area contributed by atoms with E-state index in [1.54, 1.807) is 36.4 Å². The predicted molar refractivity (Wildman–Crippen MR) is 144 cm³/mol. The summed E-state index contributed by atoms with van der Waals surface area (Å²) in [5.41, 5.74) is 1.38. The Labute approximate surface area is 218 Å². The summed E-state index contributed by atoms with van der Waals surface area (Å²) in [5.74, 6) is 1.20. The van der Waals surface area contributed by atoms with E-state index in [9.17, 15) is 14.7 Å². The molecule has 4 rings (SSSR count). The van der Waals surface area contributed by atoms with Crippen LogP contribution in [0.3, 0.4) is 0 Å². The van der Waals surface area contributed by atoms with Gasteiger partial charge in [0, 0.05) is 55.1 Å². The average molecular weight is 520 g/mol. The molecule has 2 amide bonds. The van der Waals surface area contributed by atoms with Crippen molar-refractivity contribution in [1.29, 1.82) is 0 Å². The van der Waals surface area contributed by atoms with Crippen LogP contribution in [0.5, 0.6) is 5.75 Å². The van der Waals surface area contributed by atoms with E-state index in [0.717, 1.165) is 10.9 Å². The van der Waals surface area contributed by atoms with Gasteiger partial charge in [0.2, 0.25) is 5.91 Å². The number of nitrogens with zero attached hydrogens (tertiary/aromatic N) is 3. The van der Waals surface area contributed by atoms with Crippen LogP contribution in [-0.4, -0.2) is 58.1 Å². The Morgan fingerprint density at radius 3 is 2.19 bits per heavy atom. The normalized spacial score (nSPS) is 10.6. The molecule has 0 unspecified atom stereocenters. The van der Waals surface area contributed by atoms with E-state index >= 15 is 0 Å². The Hall–Kier alpha value is -4.44. The zero-order valence-corrected chi connectivity index (χ0v) is 20.8. The maximum atomic E-state index is 12.6. The van der Waals surface area contributed by atoms with Gasteiger partial charge in [-0.15, -0.1) is 0 Å². The monoisotopic (exact) mass is 519 g/mol. The van der Waals surface area contributed by atoms with Crippen LogP contribution < -0.4 is 21.3 Å². The highest BCUT2D eigenvalue weighted by molar-refractivity contribution is 6.30. The SMILES string of the molecule is CC(=O)NCCNc1cc(NCCNC(=O)c2ccc3cccc(O)c3n2)nc(-c2ccc(Cl)cc2)n1. The van der Waals surface area contributed by atoms with Crippen LogP contribution in [0.1, 0.15) is 17.4 Å². The van der Waals surface area contributed by atoms with Gasteiger partial charge in [-0.05, 0) is 36.4 Å². The highest BCUT2D eigenvalue weighted by Gasteiger charge is 2.11. The number of phenolic OH excluding ortho intramolecular Hbond substituents is 1. The van der Waals surface area contributed by atoms with Crippen LogP contribution in [0.25, 0.3) is 22.3 Å². The molecule has 0 fully saturated rings. The number of phenols is 1. The average Bonchev–Trinajstić information content (AvgIpc) is 2.89. The molecule has 190 valence electrons. The number of carbonyl (C=O) groups is 2. The van der Waals surface area contributed by atoms with Crippen LogP contribution in [-0.2, 0) is 4.79 Å². The van der Waals surface area contributed by atoms with Crippen molar-refractivity contribution >= 4 is 46.0 Å². The summed E-state index contributed by atoms with van der Waals surface area (Å²) in [6, 6.07) is 17.4. The van der Waals surface area contributed by atoms with Crippen LogP contribution in [0.2, 0.25) is 5.02 Å². The molecule has 0 spiro atoms. The van der Waals surface area contributed by atoms with Gasteiger partial charge in [0.1, 0.15) is 28.6 Å². The minimum atomic E-state index is -0.350. The molecule has 11 heteroatoms. The van der Waals surface area contributed by atoms with E-state index in [4.69, 9.17) is 11.6 Å². The van der Waals surface area contributed by atoms with Crippen LogP contribution in [0.4, 0.5) is 11.6 Å². The maximum absolute atomic E-state index is 12.6. The number of halogens is 1. The van der Waals surface area contributed by atoms with Crippen molar-refractivity contribution in [1.82, 2.24) is 25.6 Å². The number of aromatic nitrogens is 3. The molecular weight excluding hydrogens is 494 g/mol. The first-order valence-electron chi connectivity index (χ1n) is 11.6. The standard InChI is InChI=1S/C26H26ClN7O3/c1-16(35)28-11-12-29-22-15-23(34-25(33-22)18-5-8-19(27)9-6-18)30-13-14-31-26(37)20-10-7-17-3-2-4-21(36)24(17)32-20/h2-10,15,36H,11-14H2,1H3,(H,28,35)(H,31,37)(H2,29,30,33,34). The Balaban J connectivity index is 1.39. The van der Waals surface area contributed by atoms with Crippen molar-refractivity contribution < 1.29 is 14.7 Å². The molecule has 2 aromatic heterocycles. The summed E-state index contributed by atoms with van der Waals surface area (Å²) in [5, 5.41) is 23.3. The van der Waals surface area contributed by atoms with E-state index in [1.165, 1.54) is 13.0 Å². The number of amides is 2. The van der Waals surface area contributed by atoms with E-state index in [2.05, 4.69) is 36.2 Å². The summed E-state index contributed by atoms with van der Waals surface area (Å²) in [6.45, 7) is 3.10. The Bertz CT molecular complexity index is 1410. The molecule has 0 atom stereocenters. The van der Waals surface area contributed by atoms with E-state index < -0.39 is 0 Å². The number of para-hydroxylation sites is 1. The van der Waals surface area contributed by atoms with Crippen LogP contribution in [0.15, 0.2) is 60.7 Å². The molecule has 0 saturated heterocycles. The predicted octanol–water partition coefficient (Wildman–Crippen LogP) is 3.44. The minimum absolute atomic E-state index is 0.0237. The second kappa shape index (κ2) is 12.0. The number of aromatic hydroxyl groups is 1. The molecule has 0 aliphatic rings. The van der Waals surface area contributed by atoms with Crippen LogP contribution >= 0.6 is 11.6 Å². The summed E-state index contributed by atoms with van der Waals surface area (Å²) < 4.78 is 0. The number of benzene rings is 2. The smallest absolute Gasteiger partial charge is 0.269 e.